The lowest BCUT2D eigenvalue weighted by molar-refractivity contribution is -0.0893. The van der Waals surface area contributed by atoms with Crippen molar-refractivity contribution in [3.8, 4) is 22.4 Å². The summed E-state index contributed by atoms with van der Waals surface area (Å²) < 4.78 is 5.90. The minimum Gasteiger partial charge on any atom is -0.427 e. The van der Waals surface area contributed by atoms with E-state index in [1.165, 1.54) is 11.1 Å². The van der Waals surface area contributed by atoms with Crippen LogP contribution in [0.1, 0.15) is 27.7 Å². The van der Waals surface area contributed by atoms with Gasteiger partial charge in [0.1, 0.15) is 0 Å². The zero-order chi connectivity index (χ0) is 19.5. The molecule has 3 aromatic rings. The van der Waals surface area contributed by atoms with Gasteiger partial charge in [-0.2, -0.15) is 0 Å². The predicted molar refractivity (Wildman–Crippen MR) is 113 cm³/mol. The second-order valence-corrected chi connectivity index (χ2v) is 7.85. The summed E-state index contributed by atoms with van der Waals surface area (Å²) in [4.78, 5) is 4.57. The molecule has 0 aliphatic carbocycles. The van der Waals surface area contributed by atoms with Gasteiger partial charge in [-0.05, 0) is 50.4 Å². The molecule has 0 bridgehead atoms. The standard InChI is InChI=1S/C23H26BNO2/c1-22(2,26)23(3,4)27-24-20-14-15-21(25-16-20)19-12-10-18(11-13-19)17-8-6-5-7-9-17/h5-16,24,26H,1-4H3. The molecule has 2 aromatic carbocycles. The van der Waals surface area contributed by atoms with Crippen LogP contribution in [0.25, 0.3) is 22.4 Å². The Morgan fingerprint density at radius 3 is 1.93 bits per heavy atom. The van der Waals surface area contributed by atoms with Gasteiger partial charge in [-0.25, -0.2) is 0 Å². The summed E-state index contributed by atoms with van der Waals surface area (Å²) >= 11 is 0. The highest BCUT2D eigenvalue weighted by atomic mass is 16.5. The molecule has 0 fully saturated rings. The van der Waals surface area contributed by atoms with Gasteiger partial charge in [0.2, 0.25) is 0 Å². The Morgan fingerprint density at radius 2 is 1.37 bits per heavy atom. The van der Waals surface area contributed by atoms with Crippen molar-refractivity contribution < 1.29 is 9.76 Å². The molecule has 0 aliphatic heterocycles. The van der Waals surface area contributed by atoms with E-state index in [9.17, 15) is 5.11 Å². The summed E-state index contributed by atoms with van der Waals surface area (Å²) in [5, 5.41) is 10.2. The molecule has 0 saturated heterocycles. The van der Waals surface area contributed by atoms with Crippen molar-refractivity contribution in [1.29, 1.82) is 0 Å². The number of nitrogens with zero attached hydrogens (tertiary/aromatic N) is 1. The van der Waals surface area contributed by atoms with Gasteiger partial charge in [0.25, 0.3) is 0 Å². The minimum atomic E-state index is -0.916. The molecule has 1 heterocycles. The Morgan fingerprint density at radius 1 is 0.778 bits per heavy atom. The normalized spacial score (nSPS) is 12.0. The fourth-order valence-corrected chi connectivity index (χ4v) is 2.59. The van der Waals surface area contributed by atoms with Crippen LogP contribution in [0.15, 0.2) is 72.9 Å². The van der Waals surface area contributed by atoms with Crippen molar-refractivity contribution >= 4 is 12.9 Å². The summed E-state index contributed by atoms with van der Waals surface area (Å²) in [6, 6.07) is 22.8. The first-order valence-corrected chi connectivity index (χ1v) is 9.23. The first kappa shape index (κ1) is 19.3. The van der Waals surface area contributed by atoms with Crippen molar-refractivity contribution in [2.24, 2.45) is 0 Å². The monoisotopic (exact) mass is 359 g/mol. The molecule has 0 amide bonds. The third-order valence-electron chi connectivity index (χ3n) is 5.19. The van der Waals surface area contributed by atoms with Gasteiger partial charge in [0.05, 0.1) is 16.9 Å². The van der Waals surface area contributed by atoms with E-state index in [2.05, 4.69) is 41.4 Å². The summed E-state index contributed by atoms with van der Waals surface area (Å²) in [5.41, 5.74) is 3.84. The number of rotatable bonds is 6. The topological polar surface area (TPSA) is 42.4 Å². The SMILES string of the molecule is CC(C)(O)C(C)(C)OBc1ccc(-c2ccc(-c3ccccc3)cc2)nc1. The molecule has 0 radical (unpaired) electrons. The molecule has 0 aliphatic rings. The highest BCUT2D eigenvalue weighted by Crippen LogP contribution is 2.25. The van der Waals surface area contributed by atoms with Crippen molar-refractivity contribution in [3.63, 3.8) is 0 Å². The molecule has 0 atom stereocenters. The first-order chi connectivity index (χ1) is 12.8. The first-order valence-electron chi connectivity index (χ1n) is 9.23. The smallest absolute Gasteiger partial charge is 0.311 e. The zero-order valence-corrected chi connectivity index (χ0v) is 16.4. The zero-order valence-electron chi connectivity index (χ0n) is 16.4. The second-order valence-electron chi connectivity index (χ2n) is 7.85. The van der Waals surface area contributed by atoms with Crippen LogP contribution >= 0.6 is 0 Å². The Kier molecular flexibility index (Phi) is 5.49. The van der Waals surface area contributed by atoms with Crippen LogP contribution in [0, 0.1) is 0 Å². The Labute approximate surface area is 162 Å². The molecule has 0 spiro atoms. The quantitative estimate of drug-likeness (QED) is 0.678. The predicted octanol–water partition coefficient (Wildman–Crippen LogP) is 3.96. The number of benzene rings is 2. The van der Waals surface area contributed by atoms with Crippen LogP contribution in [0.3, 0.4) is 0 Å². The van der Waals surface area contributed by atoms with E-state index in [0.29, 0.717) is 7.48 Å². The van der Waals surface area contributed by atoms with Crippen molar-refractivity contribution in [1.82, 2.24) is 4.98 Å². The third-order valence-corrected chi connectivity index (χ3v) is 5.19. The summed E-state index contributed by atoms with van der Waals surface area (Å²) in [7, 11) is 0.414. The Bertz CT molecular complexity index is 867. The fourth-order valence-electron chi connectivity index (χ4n) is 2.59. The van der Waals surface area contributed by atoms with Crippen LogP contribution in [-0.4, -0.2) is 28.8 Å². The maximum Gasteiger partial charge on any atom is 0.311 e. The third kappa shape index (κ3) is 4.65. The minimum absolute atomic E-state index is 0.414. The van der Waals surface area contributed by atoms with Crippen LogP contribution in [-0.2, 0) is 4.65 Å². The van der Waals surface area contributed by atoms with Gasteiger partial charge in [0.15, 0.2) is 0 Å². The number of aliphatic hydroxyl groups is 1. The van der Waals surface area contributed by atoms with Crippen LogP contribution in [0.5, 0.6) is 0 Å². The number of aromatic nitrogens is 1. The molecule has 1 N–H and O–H groups in total. The van der Waals surface area contributed by atoms with Crippen LogP contribution in [0.4, 0.5) is 0 Å². The summed E-state index contributed by atoms with van der Waals surface area (Å²) in [5.74, 6) is 0. The van der Waals surface area contributed by atoms with Gasteiger partial charge >= 0.3 is 7.48 Å². The van der Waals surface area contributed by atoms with Gasteiger partial charge in [-0.15, -0.1) is 0 Å². The van der Waals surface area contributed by atoms with Crippen molar-refractivity contribution in [2.45, 2.75) is 38.9 Å². The van der Waals surface area contributed by atoms with E-state index < -0.39 is 11.2 Å². The Hall–Kier alpha value is -2.43. The number of hydrogen-bond acceptors (Lipinski definition) is 3. The van der Waals surface area contributed by atoms with E-state index in [1.54, 1.807) is 13.8 Å². The molecule has 0 saturated carbocycles. The average molecular weight is 359 g/mol. The highest BCUT2D eigenvalue weighted by molar-refractivity contribution is 6.46. The molecule has 138 valence electrons. The molecule has 1 aromatic heterocycles. The largest absolute Gasteiger partial charge is 0.427 e. The van der Waals surface area contributed by atoms with Crippen LogP contribution < -0.4 is 5.46 Å². The molecule has 3 rings (SSSR count). The summed E-state index contributed by atoms with van der Waals surface area (Å²) in [6.45, 7) is 7.30. The maximum absolute atomic E-state index is 10.2. The van der Waals surface area contributed by atoms with Gasteiger partial charge < -0.3 is 9.76 Å². The lowest BCUT2D eigenvalue weighted by Gasteiger charge is -2.37. The number of pyridine rings is 1. The number of hydrogen-bond donors (Lipinski definition) is 1. The lowest BCUT2D eigenvalue weighted by Crippen LogP contribution is -2.49. The van der Waals surface area contributed by atoms with E-state index in [4.69, 9.17) is 4.65 Å². The van der Waals surface area contributed by atoms with Gasteiger partial charge in [-0.1, -0.05) is 60.7 Å². The lowest BCUT2D eigenvalue weighted by atomic mass is 9.83. The van der Waals surface area contributed by atoms with Crippen molar-refractivity contribution in [3.05, 3.63) is 72.9 Å². The van der Waals surface area contributed by atoms with Gasteiger partial charge in [0, 0.05) is 11.8 Å². The maximum atomic E-state index is 10.2. The van der Waals surface area contributed by atoms with Crippen LogP contribution in [0.2, 0.25) is 0 Å². The van der Waals surface area contributed by atoms with E-state index >= 15 is 0 Å². The van der Waals surface area contributed by atoms with Crippen molar-refractivity contribution in [2.75, 3.05) is 0 Å². The molecule has 4 heteroatoms. The van der Waals surface area contributed by atoms with E-state index in [1.807, 2.05) is 50.4 Å². The second kappa shape index (κ2) is 7.67. The molecule has 3 nitrogen and oxygen atoms in total. The molecular formula is C23H26BNO2. The summed E-state index contributed by atoms with van der Waals surface area (Å²) in [6.07, 6.45) is 1.83. The highest BCUT2D eigenvalue weighted by Gasteiger charge is 2.35. The molecular weight excluding hydrogens is 333 g/mol. The van der Waals surface area contributed by atoms with E-state index in [-0.39, 0.29) is 0 Å². The van der Waals surface area contributed by atoms with E-state index in [0.717, 1.165) is 16.7 Å². The average Bonchev–Trinajstić information content (AvgIpc) is 2.67. The fraction of sp³-hybridized carbons (Fsp3) is 0.261. The molecule has 27 heavy (non-hydrogen) atoms. The van der Waals surface area contributed by atoms with Gasteiger partial charge in [-0.3, -0.25) is 4.98 Å². The Balaban J connectivity index is 1.69. The molecule has 0 unspecified atom stereocenters.